The van der Waals surface area contributed by atoms with Gasteiger partial charge in [0.1, 0.15) is 24.0 Å². The molecular weight excluding hydrogens is 518 g/mol. The summed E-state index contributed by atoms with van der Waals surface area (Å²) in [5.41, 5.74) is 5.01. The molecule has 7 nitrogen and oxygen atoms in total. The molecule has 1 aromatic carbocycles. The number of hydrogen-bond acceptors (Lipinski definition) is 6. The Morgan fingerprint density at radius 2 is 2.00 bits per heavy atom. The van der Waals surface area contributed by atoms with Gasteiger partial charge in [-0.3, -0.25) is 10.1 Å². The number of hydrogen-bond donors (Lipinski definition) is 4. The van der Waals surface area contributed by atoms with Crippen molar-refractivity contribution < 1.29 is 29.6 Å². The Kier molecular flexibility index (Phi) is 9.81. The van der Waals surface area contributed by atoms with Crippen molar-refractivity contribution in [1.82, 2.24) is 5.32 Å². The smallest absolute Gasteiger partial charge is 0.332 e. The van der Waals surface area contributed by atoms with E-state index in [0.29, 0.717) is 11.3 Å². The maximum Gasteiger partial charge on any atom is 0.332 e. The molecule has 0 heterocycles. The first-order chi connectivity index (χ1) is 19.5. The number of nitrogens with one attached hydrogen (secondary N) is 1. The zero-order valence-corrected chi connectivity index (χ0v) is 25.2. The number of phenols is 1. The molecule has 4 N–H and O–H groups in total. The van der Waals surface area contributed by atoms with Gasteiger partial charge in [-0.15, -0.1) is 0 Å². The van der Waals surface area contributed by atoms with E-state index >= 15 is 0 Å². The van der Waals surface area contributed by atoms with Gasteiger partial charge in [-0.25, -0.2) is 4.79 Å². The first-order valence-electron chi connectivity index (χ1n) is 15.2. The second-order valence-electron chi connectivity index (χ2n) is 12.5. The Balaban J connectivity index is 1.56. The number of benzene rings is 1. The quantitative estimate of drug-likeness (QED) is 0.133. The maximum absolute atomic E-state index is 12.7. The number of carboxylic acids is 1. The zero-order valence-electron chi connectivity index (χ0n) is 25.2. The Labute approximate surface area is 244 Å². The molecule has 0 saturated heterocycles. The van der Waals surface area contributed by atoms with Gasteiger partial charge >= 0.3 is 5.97 Å². The molecule has 0 bridgehead atoms. The molecule has 1 fully saturated rings. The van der Waals surface area contributed by atoms with Crippen molar-refractivity contribution in [2.45, 2.75) is 85.2 Å². The van der Waals surface area contributed by atoms with Crippen molar-refractivity contribution in [3.05, 3.63) is 58.2 Å². The van der Waals surface area contributed by atoms with Crippen LogP contribution in [-0.4, -0.2) is 46.5 Å². The summed E-state index contributed by atoms with van der Waals surface area (Å²) >= 11 is 0. The molecule has 0 aromatic heterocycles. The number of aryl methyl sites for hydroxylation is 1. The Morgan fingerprint density at radius 3 is 2.63 bits per heavy atom. The molecule has 3 aliphatic carbocycles. The highest BCUT2D eigenvalue weighted by Gasteiger charge is 2.61. The van der Waals surface area contributed by atoms with Crippen molar-refractivity contribution in [2.75, 3.05) is 13.3 Å². The standard InChI is InChI=1S/C34H47NO6/c1-7-8-9-10-22-14-26(37)30(24-13-19(4)11-12-23(24)18(2)3)27(15-22)41-17-35-16-25-20(5)28-29(21(6)36)33(38)32(28)31(25)34(39)40/h13-15,20-21,23-24,28-29,32,35-37H,2,7-12,16-17H2,1,3-6H3,(H,39,40)/t20-,21+,23-,24+,28?,29+,32?/m0/s1. The van der Waals surface area contributed by atoms with Crippen LogP contribution in [0.4, 0.5) is 0 Å². The summed E-state index contributed by atoms with van der Waals surface area (Å²) in [6.07, 6.45) is 7.50. The average Bonchev–Trinajstić information content (AvgIpc) is 3.14. The number of unbranched alkanes of at least 4 members (excludes halogenated alkanes) is 2. The number of Topliss-reactive ketones (excluding diaryl/α,β-unsaturated/α-hetero) is 1. The molecule has 7 atom stereocenters. The molecule has 2 unspecified atom stereocenters. The van der Waals surface area contributed by atoms with E-state index in [9.17, 15) is 24.9 Å². The van der Waals surface area contributed by atoms with Gasteiger partial charge in [0, 0.05) is 29.5 Å². The number of ketones is 1. The fraction of sp³-hybridized carbons (Fsp3) is 0.588. The second-order valence-corrected chi connectivity index (χ2v) is 12.5. The van der Waals surface area contributed by atoms with Gasteiger partial charge < -0.3 is 20.1 Å². The van der Waals surface area contributed by atoms with Gasteiger partial charge in [-0.1, -0.05) is 50.5 Å². The van der Waals surface area contributed by atoms with Crippen LogP contribution in [0.5, 0.6) is 11.5 Å². The number of carbonyl (C=O) groups is 2. The molecule has 0 spiro atoms. The third kappa shape index (κ3) is 6.17. The van der Waals surface area contributed by atoms with Gasteiger partial charge in [0.2, 0.25) is 0 Å². The molecule has 224 valence electrons. The van der Waals surface area contributed by atoms with Gasteiger partial charge in [0.15, 0.2) is 0 Å². The summed E-state index contributed by atoms with van der Waals surface area (Å²) in [5, 5.41) is 34.6. The first kappa shape index (κ1) is 31.0. The molecule has 3 aliphatic rings. The summed E-state index contributed by atoms with van der Waals surface area (Å²) < 4.78 is 6.32. The fourth-order valence-electron chi connectivity index (χ4n) is 7.44. The van der Waals surface area contributed by atoms with Crippen molar-refractivity contribution in [3.63, 3.8) is 0 Å². The van der Waals surface area contributed by atoms with Crippen LogP contribution < -0.4 is 10.1 Å². The number of aromatic hydroxyl groups is 1. The summed E-state index contributed by atoms with van der Waals surface area (Å²) in [4.78, 5) is 24.9. The first-order valence-corrected chi connectivity index (χ1v) is 15.2. The zero-order chi connectivity index (χ0) is 30.0. The molecule has 7 heteroatoms. The van der Waals surface area contributed by atoms with Crippen LogP contribution in [0.3, 0.4) is 0 Å². The van der Waals surface area contributed by atoms with E-state index in [2.05, 4.69) is 31.8 Å². The van der Waals surface area contributed by atoms with E-state index in [1.807, 2.05) is 26.0 Å². The second kappa shape index (κ2) is 13.0. The summed E-state index contributed by atoms with van der Waals surface area (Å²) in [6, 6.07) is 3.90. The highest BCUT2D eigenvalue weighted by molar-refractivity contribution is 6.04. The summed E-state index contributed by atoms with van der Waals surface area (Å²) in [6.45, 7) is 14.5. The minimum atomic E-state index is -1.07. The minimum absolute atomic E-state index is 0.0452. The predicted molar refractivity (Wildman–Crippen MR) is 160 cm³/mol. The lowest BCUT2D eigenvalue weighted by atomic mass is 9.59. The average molecular weight is 566 g/mol. The maximum atomic E-state index is 12.7. The van der Waals surface area contributed by atoms with Gasteiger partial charge in [-0.05, 0) is 87.5 Å². The number of fused-ring (bicyclic) bond motifs is 1. The van der Waals surface area contributed by atoms with Crippen LogP contribution in [0, 0.1) is 29.6 Å². The van der Waals surface area contributed by atoms with Gasteiger partial charge in [0.05, 0.1) is 12.0 Å². The number of ether oxygens (including phenoxy) is 1. The minimum Gasteiger partial charge on any atom is -0.507 e. The highest BCUT2D eigenvalue weighted by Crippen LogP contribution is 2.55. The fourth-order valence-corrected chi connectivity index (χ4v) is 7.44. The molecule has 1 aromatic rings. The molecule has 0 aliphatic heterocycles. The van der Waals surface area contributed by atoms with E-state index < -0.39 is 23.9 Å². The van der Waals surface area contributed by atoms with E-state index in [0.717, 1.165) is 55.2 Å². The Hall–Kier alpha value is -2.90. The molecule has 1 saturated carbocycles. The number of rotatable bonds is 13. The Morgan fingerprint density at radius 1 is 1.27 bits per heavy atom. The number of aliphatic hydroxyl groups excluding tert-OH is 1. The normalized spacial score (nSPS) is 28.1. The molecule has 4 rings (SSSR count). The Bertz CT molecular complexity index is 1240. The number of carboxylic acid groups (broad SMARTS) is 1. The van der Waals surface area contributed by atoms with Crippen LogP contribution in [-0.2, 0) is 16.0 Å². The highest BCUT2D eigenvalue weighted by atomic mass is 16.5. The topological polar surface area (TPSA) is 116 Å². The van der Waals surface area contributed by atoms with Gasteiger partial charge in [-0.2, -0.15) is 0 Å². The van der Waals surface area contributed by atoms with Crippen LogP contribution in [0.25, 0.3) is 0 Å². The van der Waals surface area contributed by atoms with Gasteiger partial charge in [0.25, 0.3) is 0 Å². The third-order valence-corrected chi connectivity index (χ3v) is 9.58. The summed E-state index contributed by atoms with van der Waals surface area (Å²) in [5.74, 6) is -1.73. The SMILES string of the molecule is C=C(C)[C@@H]1CCC(C)=C[C@H]1c1c(O)cc(CCCCC)cc1OCNCC1=C(C(=O)O)C2C(=O)[C@H]([C@@H](C)O)C2[C@H]1C. The number of aliphatic hydroxyl groups is 1. The van der Waals surface area contributed by atoms with Crippen molar-refractivity contribution in [2.24, 2.45) is 29.6 Å². The number of aliphatic carboxylic acids is 1. The van der Waals surface area contributed by atoms with Crippen LogP contribution in [0.1, 0.15) is 83.8 Å². The predicted octanol–water partition coefficient (Wildman–Crippen LogP) is 5.91. The van der Waals surface area contributed by atoms with E-state index in [1.54, 1.807) is 6.92 Å². The summed E-state index contributed by atoms with van der Waals surface area (Å²) in [7, 11) is 0. The van der Waals surface area contributed by atoms with E-state index in [-0.39, 0.29) is 54.1 Å². The lowest BCUT2D eigenvalue weighted by Gasteiger charge is -2.43. The van der Waals surface area contributed by atoms with Crippen LogP contribution in [0.2, 0.25) is 0 Å². The van der Waals surface area contributed by atoms with Crippen LogP contribution in [0.15, 0.2) is 47.1 Å². The van der Waals surface area contributed by atoms with Crippen LogP contribution >= 0.6 is 0 Å². The van der Waals surface area contributed by atoms with Crippen molar-refractivity contribution >= 4 is 11.8 Å². The lowest BCUT2D eigenvalue weighted by molar-refractivity contribution is -0.151. The largest absolute Gasteiger partial charge is 0.507 e. The molecule has 0 amide bonds. The number of phenolic OH excluding ortho intramolecular Hbond substituents is 1. The lowest BCUT2D eigenvalue weighted by Crippen LogP contribution is -2.53. The van der Waals surface area contributed by atoms with Crippen molar-refractivity contribution in [1.29, 1.82) is 0 Å². The number of allylic oxidation sites excluding steroid dienone is 3. The number of carbonyl (C=O) groups excluding carboxylic acids is 1. The molecule has 0 radical (unpaired) electrons. The van der Waals surface area contributed by atoms with E-state index in [4.69, 9.17) is 4.74 Å². The van der Waals surface area contributed by atoms with Crippen molar-refractivity contribution in [3.8, 4) is 11.5 Å². The van der Waals surface area contributed by atoms with E-state index in [1.165, 1.54) is 5.57 Å². The third-order valence-electron chi connectivity index (χ3n) is 9.58. The monoisotopic (exact) mass is 565 g/mol. The molecular formula is C34H47NO6. The molecule has 41 heavy (non-hydrogen) atoms.